The van der Waals surface area contributed by atoms with E-state index in [-0.39, 0.29) is 11.8 Å². The first-order valence-electron chi connectivity index (χ1n) is 4.77. The minimum Gasteiger partial charge on any atom is -0.374 e. The average molecular weight is 190 g/mol. The molecule has 1 atom stereocenters. The number of carbonyl (C=O) groups is 1. The number of primary amides is 1. The first kappa shape index (κ1) is 9.06. The second-order valence-corrected chi connectivity index (χ2v) is 3.81. The van der Waals surface area contributed by atoms with Crippen molar-refractivity contribution in [1.82, 2.24) is 0 Å². The van der Waals surface area contributed by atoms with Gasteiger partial charge in [-0.15, -0.1) is 0 Å². The summed E-state index contributed by atoms with van der Waals surface area (Å²) >= 11 is 0. The quantitative estimate of drug-likeness (QED) is 0.759. The largest absolute Gasteiger partial charge is 0.374 e. The summed E-state index contributed by atoms with van der Waals surface area (Å²) in [5, 5.41) is 0. The Labute approximate surface area is 83.5 Å². The SMILES string of the molecule is CN1CC(CC(N)=O)c2ccccc21. The van der Waals surface area contributed by atoms with E-state index in [1.54, 1.807) is 0 Å². The van der Waals surface area contributed by atoms with Gasteiger partial charge in [0.1, 0.15) is 0 Å². The van der Waals surface area contributed by atoms with Gasteiger partial charge in [-0.1, -0.05) is 18.2 Å². The number of fused-ring (bicyclic) bond motifs is 1. The zero-order valence-corrected chi connectivity index (χ0v) is 8.23. The fraction of sp³-hybridized carbons (Fsp3) is 0.364. The molecule has 3 nitrogen and oxygen atoms in total. The van der Waals surface area contributed by atoms with Gasteiger partial charge in [0.05, 0.1) is 0 Å². The highest BCUT2D eigenvalue weighted by atomic mass is 16.1. The van der Waals surface area contributed by atoms with Crippen molar-refractivity contribution < 1.29 is 4.79 Å². The Morgan fingerprint density at radius 2 is 2.29 bits per heavy atom. The number of para-hydroxylation sites is 1. The molecular formula is C11H14N2O. The average Bonchev–Trinajstić information content (AvgIpc) is 2.44. The van der Waals surface area contributed by atoms with Crippen LogP contribution in [0, 0.1) is 0 Å². The molecule has 0 aromatic heterocycles. The summed E-state index contributed by atoms with van der Waals surface area (Å²) in [5.41, 5.74) is 7.68. The highest BCUT2D eigenvalue weighted by Crippen LogP contribution is 2.36. The third kappa shape index (κ3) is 1.45. The van der Waals surface area contributed by atoms with E-state index in [2.05, 4.69) is 17.0 Å². The van der Waals surface area contributed by atoms with Crippen molar-refractivity contribution in [3.8, 4) is 0 Å². The van der Waals surface area contributed by atoms with Gasteiger partial charge in [0.2, 0.25) is 5.91 Å². The van der Waals surface area contributed by atoms with Crippen LogP contribution in [0.25, 0.3) is 0 Å². The summed E-state index contributed by atoms with van der Waals surface area (Å²) in [5.74, 6) is 0.0498. The Morgan fingerprint density at radius 3 is 3.00 bits per heavy atom. The van der Waals surface area contributed by atoms with E-state index in [1.165, 1.54) is 11.3 Å². The number of benzene rings is 1. The molecule has 1 aromatic rings. The van der Waals surface area contributed by atoms with Crippen molar-refractivity contribution in [3.63, 3.8) is 0 Å². The summed E-state index contributed by atoms with van der Waals surface area (Å²) in [6.07, 6.45) is 0.446. The minimum absolute atomic E-state index is 0.222. The maximum absolute atomic E-state index is 10.9. The van der Waals surface area contributed by atoms with Crippen LogP contribution in [0.5, 0.6) is 0 Å². The van der Waals surface area contributed by atoms with Gasteiger partial charge in [-0.25, -0.2) is 0 Å². The molecule has 0 fully saturated rings. The standard InChI is InChI=1S/C11H14N2O/c1-13-7-8(6-11(12)14)9-4-2-3-5-10(9)13/h2-5,8H,6-7H2,1H3,(H2,12,14). The fourth-order valence-corrected chi connectivity index (χ4v) is 2.13. The Hall–Kier alpha value is -1.51. The lowest BCUT2D eigenvalue weighted by molar-refractivity contribution is -0.118. The topological polar surface area (TPSA) is 46.3 Å². The van der Waals surface area contributed by atoms with Gasteiger partial charge in [-0.3, -0.25) is 4.79 Å². The third-order valence-electron chi connectivity index (χ3n) is 2.73. The number of carbonyl (C=O) groups excluding carboxylic acids is 1. The Morgan fingerprint density at radius 1 is 1.57 bits per heavy atom. The van der Waals surface area contributed by atoms with Crippen LogP contribution in [0.2, 0.25) is 0 Å². The molecule has 0 bridgehead atoms. The number of rotatable bonds is 2. The molecule has 1 aliphatic rings. The molecule has 0 saturated carbocycles. The van der Waals surface area contributed by atoms with Crippen LogP contribution in [0.4, 0.5) is 5.69 Å². The van der Waals surface area contributed by atoms with Crippen LogP contribution >= 0.6 is 0 Å². The van der Waals surface area contributed by atoms with Crippen molar-refractivity contribution in [2.45, 2.75) is 12.3 Å². The maximum Gasteiger partial charge on any atom is 0.218 e. The number of hydrogen-bond acceptors (Lipinski definition) is 2. The minimum atomic E-state index is -0.222. The Bertz CT molecular complexity index is 362. The highest BCUT2D eigenvalue weighted by molar-refractivity contribution is 5.76. The van der Waals surface area contributed by atoms with Gasteiger partial charge in [-0.2, -0.15) is 0 Å². The van der Waals surface area contributed by atoms with E-state index in [9.17, 15) is 4.79 Å². The number of likely N-dealkylation sites (N-methyl/N-ethyl adjacent to an activating group) is 1. The molecule has 14 heavy (non-hydrogen) atoms. The number of amides is 1. The molecule has 0 radical (unpaired) electrons. The Kier molecular flexibility index (Phi) is 2.15. The van der Waals surface area contributed by atoms with Crippen molar-refractivity contribution in [3.05, 3.63) is 29.8 Å². The predicted octanol–water partition coefficient (Wildman–Crippen LogP) is 1.10. The second kappa shape index (κ2) is 3.33. The summed E-state index contributed by atoms with van der Waals surface area (Å²) in [6, 6.07) is 8.18. The van der Waals surface area contributed by atoms with E-state index in [0.29, 0.717) is 6.42 Å². The van der Waals surface area contributed by atoms with Crippen LogP contribution in [0.3, 0.4) is 0 Å². The molecule has 0 aliphatic carbocycles. The molecule has 1 aromatic carbocycles. The van der Waals surface area contributed by atoms with Gasteiger partial charge < -0.3 is 10.6 Å². The van der Waals surface area contributed by atoms with Crippen molar-refractivity contribution in [1.29, 1.82) is 0 Å². The first-order chi connectivity index (χ1) is 6.68. The predicted molar refractivity (Wildman–Crippen MR) is 56.3 cm³/mol. The number of anilines is 1. The van der Waals surface area contributed by atoms with Crippen molar-refractivity contribution in [2.24, 2.45) is 5.73 Å². The van der Waals surface area contributed by atoms with Gasteiger partial charge in [0, 0.05) is 31.6 Å². The van der Waals surface area contributed by atoms with Crippen LogP contribution in [-0.2, 0) is 4.79 Å². The lowest BCUT2D eigenvalue weighted by Gasteiger charge is -2.11. The monoisotopic (exact) mass is 190 g/mol. The molecule has 3 heteroatoms. The molecule has 74 valence electrons. The number of nitrogens with two attached hydrogens (primary N) is 1. The van der Waals surface area contributed by atoms with Gasteiger partial charge in [-0.05, 0) is 11.6 Å². The van der Waals surface area contributed by atoms with Crippen LogP contribution in [0.15, 0.2) is 24.3 Å². The molecule has 0 saturated heterocycles. The van der Waals surface area contributed by atoms with Gasteiger partial charge in [0.25, 0.3) is 0 Å². The zero-order chi connectivity index (χ0) is 10.1. The number of nitrogens with zero attached hydrogens (tertiary/aromatic N) is 1. The maximum atomic E-state index is 10.9. The highest BCUT2D eigenvalue weighted by Gasteiger charge is 2.26. The van der Waals surface area contributed by atoms with E-state index >= 15 is 0 Å². The van der Waals surface area contributed by atoms with Crippen molar-refractivity contribution >= 4 is 11.6 Å². The van der Waals surface area contributed by atoms with Gasteiger partial charge in [0.15, 0.2) is 0 Å². The van der Waals surface area contributed by atoms with E-state index in [0.717, 1.165) is 6.54 Å². The normalized spacial score (nSPS) is 19.5. The van der Waals surface area contributed by atoms with E-state index < -0.39 is 0 Å². The molecule has 1 aliphatic heterocycles. The van der Waals surface area contributed by atoms with Crippen molar-refractivity contribution in [2.75, 3.05) is 18.5 Å². The second-order valence-electron chi connectivity index (χ2n) is 3.81. The fourth-order valence-electron chi connectivity index (χ4n) is 2.13. The zero-order valence-electron chi connectivity index (χ0n) is 8.23. The molecule has 2 rings (SSSR count). The summed E-state index contributed by atoms with van der Waals surface area (Å²) in [7, 11) is 2.04. The smallest absolute Gasteiger partial charge is 0.218 e. The Balaban J connectivity index is 2.29. The van der Waals surface area contributed by atoms with Gasteiger partial charge >= 0.3 is 0 Å². The summed E-state index contributed by atoms with van der Waals surface area (Å²) in [6.45, 7) is 0.891. The molecule has 1 amide bonds. The number of hydrogen-bond donors (Lipinski definition) is 1. The molecular weight excluding hydrogens is 176 g/mol. The molecule has 0 spiro atoms. The van der Waals surface area contributed by atoms with Crippen LogP contribution in [0.1, 0.15) is 17.9 Å². The molecule has 2 N–H and O–H groups in total. The summed E-state index contributed by atoms with van der Waals surface area (Å²) < 4.78 is 0. The third-order valence-corrected chi connectivity index (χ3v) is 2.73. The lowest BCUT2D eigenvalue weighted by atomic mass is 9.98. The van der Waals surface area contributed by atoms with Crippen LogP contribution < -0.4 is 10.6 Å². The van der Waals surface area contributed by atoms with E-state index in [4.69, 9.17) is 5.73 Å². The van der Waals surface area contributed by atoms with Crippen LogP contribution in [-0.4, -0.2) is 19.5 Å². The van der Waals surface area contributed by atoms with E-state index in [1.807, 2.05) is 19.2 Å². The molecule has 1 unspecified atom stereocenters. The summed E-state index contributed by atoms with van der Waals surface area (Å²) in [4.78, 5) is 13.0. The molecule has 1 heterocycles. The lowest BCUT2D eigenvalue weighted by Crippen LogP contribution is -2.20. The first-order valence-corrected chi connectivity index (χ1v) is 4.77.